The lowest BCUT2D eigenvalue weighted by Crippen LogP contribution is -2.22. The van der Waals surface area contributed by atoms with E-state index in [9.17, 15) is 4.79 Å². The van der Waals surface area contributed by atoms with Crippen molar-refractivity contribution in [2.45, 2.75) is 26.2 Å². The van der Waals surface area contributed by atoms with E-state index in [2.05, 4.69) is 25.9 Å². The van der Waals surface area contributed by atoms with Gasteiger partial charge < -0.3 is 9.72 Å². The predicted molar refractivity (Wildman–Crippen MR) is 88.3 cm³/mol. The topological polar surface area (TPSA) is 55.0 Å². The average molecular weight is 372 g/mol. The van der Waals surface area contributed by atoms with Crippen LogP contribution in [0.4, 0.5) is 0 Å². The lowest BCUT2D eigenvalue weighted by Gasteiger charge is -2.19. The third kappa shape index (κ3) is 3.30. The van der Waals surface area contributed by atoms with Crippen LogP contribution in [0.1, 0.15) is 26.5 Å². The van der Waals surface area contributed by atoms with E-state index >= 15 is 0 Å². The van der Waals surface area contributed by atoms with Gasteiger partial charge in [0.15, 0.2) is 0 Å². The number of hydrogen-bond donors (Lipinski definition) is 1. The van der Waals surface area contributed by atoms with Crippen LogP contribution < -0.4 is 10.3 Å². The zero-order chi connectivity index (χ0) is 15.8. The molecule has 0 amide bonds. The summed E-state index contributed by atoms with van der Waals surface area (Å²) in [4.78, 5) is 19.4. The van der Waals surface area contributed by atoms with Crippen LogP contribution in [0.25, 0.3) is 11.4 Å². The quantitative estimate of drug-likeness (QED) is 0.862. The molecular formula is C15H16BrClN2O2. The zero-order valence-electron chi connectivity index (χ0n) is 12.3. The number of halogens is 2. The number of methoxy groups -OCH3 is 1. The highest BCUT2D eigenvalue weighted by Crippen LogP contribution is 2.31. The average Bonchev–Trinajstić information content (AvgIpc) is 2.40. The van der Waals surface area contributed by atoms with Crippen molar-refractivity contribution in [3.05, 3.63) is 43.7 Å². The first-order valence-corrected chi connectivity index (χ1v) is 7.55. The summed E-state index contributed by atoms with van der Waals surface area (Å²) in [5.41, 5.74) is 0.971. The van der Waals surface area contributed by atoms with Gasteiger partial charge in [-0.05, 0) is 34.1 Å². The summed E-state index contributed by atoms with van der Waals surface area (Å²) in [6, 6.07) is 5.28. The summed E-state index contributed by atoms with van der Waals surface area (Å²) in [5, 5.41) is 0.470. The van der Waals surface area contributed by atoms with Gasteiger partial charge in [0.2, 0.25) is 0 Å². The molecule has 0 unspecified atom stereocenters. The molecule has 0 aliphatic carbocycles. The summed E-state index contributed by atoms with van der Waals surface area (Å²) >= 11 is 9.43. The van der Waals surface area contributed by atoms with Crippen molar-refractivity contribution < 1.29 is 4.74 Å². The molecule has 1 aromatic carbocycles. The van der Waals surface area contributed by atoms with Gasteiger partial charge in [0, 0.05) is 11.0 Å². The summed E-state index contributed by atoms with van der Waals surface area (Å²) in [5.74, 6) is 1.06. The first-order valence-electron chi connectivity index (χ1n) is 6.38. The Hall–Kier alpha value is -1.33. The summed E-state index contributed by atoms with van der Waals surface area (Å²) in [7, 11) is 1.55. The van der Waals surface area contributed by atoms with E-state index in [1.165, 1.54) is 0 Å². The van der Waals surface area contributed by atoms with E-state index in [0.29, 0.717) is 26.8 Å². The standard InChI is InChI=1S/C15H16BrClN2O2/c1-15(2,3)12-11(16)14(20)19-13(18-12)8-5-6-10(21-4)9(17)7-8/h5-7H,1-4H3,(H,18,19,20). The Morgan fingerprint density at radius 1 is 1.33 bits per heavy atom. The van der Waals surface area contributed by atoms with Crippen LogP contribution in [0.5, 0.6) is 5.75 Å². The highest BCUT2D eigenvalue weighted by atomic mass is 79.9. The SMILES string of the molecule is COc1ccc(-c2nc(C(C)(C)C)c(Br)c(=O)[nH]2)cc1Cl. The minimum absolute atomic E-state index is 0.211. The Bertz CT molecular complexity index is 735. The van der Waals surface area contributed by atoms with Crippen LogP contribution in [-0.4, -0.2) is 17.1 Å². The first kappa shape index (κ1) is 16.0. The van der Waals surface area contributed by atoms with E-state index in [-0.39, 0.29) is 11.0 Å². The van der Waals surface area contributed by atoms with Gasteiger partial charge in [-0.1, -0.05) is 32.4 Å². The Morgan fingerprint density at radius 2 is 2.00 bits per heavy atom. The van der Waals surface area contributed by atoms with Crippen LogP contribution >= 0.6 is 27.5 Å². The lowest BCUT2D eigenvalue weighted by molar-refractivity contribution is 0.415. The minimum atomic E-state index is -0.252. The van der Waals surface area contributed by atoms with Gasteiger partial charge in [-0.3, -0.25) is 4.79 Å². The lowest BCUT2D eigenvalue weighted by atomic mass is 9.92. The minimum Gasteiger partial charge on any atom is -0.495 e. The van der Waals surface area contributed by atoms with Gasteiger partial charge in [0.1, 0.15) is 16.0 Å². The van der Waals surface area contributed by atoms with Crippen molar-refractivity contribution >= 4 is 27.5 Å². The molecule has 0 radical (unpaired) electrons. The van der Waals surface area contributed by atoms with E-state index in [1.807, 2.05) is 26.8 Å². The zero-order valence-corrected chi connectivity index (χ0v) is 14.6. The van der Waals surface area contributed by atoms with Gasteiger partial charge in [-0.15, -0.1) is 0 Å². The molecule has 0 aliphatic rings. The molecule has 2 aromatic rings. The molecule has 2 rings (SSSR count). The van der Waals surface area contributed by atoms with Crippen molar-refractivity contribution in [3.63, 3.8) is 0 Å². The number of aromatic nitrogens is 2. The Morgan fingerprint density at radius 3 is 2.52 bits per heavy atom. The number of ether oxygens (including phenoxy) is 1. The second kappa shape index (κ2) is 5.81. The third-order valence-corrected chi connectivity index (χ3v) is 4.03. The molecule has 0 bridgehead atoms. The molecule has 6 heteroatoms. The molecule has 0 saturated heterocycles. The van der Waals surface area contributed by atoms with Crippen molar-refractivity contribution in [1.29, 1.82) is 0 Å². The fraction of sp³-hybridized carbons (Fsp3) is 0.333. The van der Waals surface area contributed by atoms with Crippen LogP contribution in [0.15, 0.2) is 27.5 Å². The van der Waals surface area contributed by atoms with E-state index in [1.54, 1.807) is 19.2 Å². The van der Waals surface area contributed by atoms with Crippen LogP contribution in [0.2, 0.25) is 5.02 Å². The number of nitrogens with zero attached hydrogens (tertiary/aromatic N) is 1. The number of benzene rings is 1. The molecule has 0 aliphatic heterocycles. The molecule has 0 spiro atoms. The smallest absolute Gasteiger partial charge is 0.265 e. The number of nitrogens with one attached hydrogen (secondary N) is 1. The van der Waals surface area contributed by atoms with Gasteiger partial charge >= 0.3 is 0 Å². The molecule has 0 saturated carbocycles. The first-order chi connectivity index (χ1) is 9.74. The van der Waals surface area contributed by atoms with Crippen LogP contribution in [0.3, 0.4) is 0 Å². The van der Waals surface area contributed by atoms with Crippen molar-refractivity contribution in [2.24, 2.45) is 0 Å². The van der Waals surface area contributed by atoms with Crippen LogP contribution in [-0.2, 0) is 5.41 Å². The fourth-order valence-corrected chi connectivity index (χ4v) is 2.95. The Balaban J connectivity index is 2.63. The maximum absolute atomic E-state index is 12.1. The molecule has 0 atom stereocenters. The molecular weight excluding hydrogens is 356 g/mol. The third-order valence-electron chi connectivity index (χ3n) is 3.00. The Labute approximate surface area is 136 Å². The molecule has 0 fully saturated rings. The Kier molecular flexibility index (Phi) is 4.44. The number of aromatic amines is 1. The van der Waals surface area contributed by atoms with E-state index < -0.39 is 0 Å². The van der Waals surface area contributed by atoms with Crippen molar-refractivity contribution in [1.82, 2.24) is 9.97 Å². The second-order valence-electron chi connectivity index (χ2n) is 5.68. The molecule has 112 valence electrons. The van der Waals surface area contributed by atoms with Gasteiger partial charge in [0.05, 0.1) is 17.8 Å². The summed E-state index contributed by atoms with van der Waals surface area (Å²) in [6.07, 6.45) is 0. The predicted octanol–water partition coefficient (Wildman–Crippen LogP) is 4.16. The molecule has 1 heterocycles. The number of rotatable bonds is 2. The van der Waals surface area contributed by atoms with Gasteiger partial charge in [0.25, 0.3) is 5.56 Å². The van der Waals surface area contributed by atoms with E-state index in [0.717, 1.165) is 5.56 Å². The van der Waals surface area contributed by atoms with Crippen molar-refractivity contribution in [2.75, 3.05) is 7.11 Å². The maximum Gasteiger partial charge on any atom is 0.265 e. The van der Waals surface area contributed by atoms with E-state index in [4.69, 9.17) is 16.3 Å². The highest BCUT2D eigenvalue weighted by Gasteiger charge is 2.22. The number of hydrogen-bond acceptors (Lipinski definition) is 3. The van der Waals surface area contributed by atoms with Crippen LogP contribution in [0, 0.1) is 0 Å². The maximum atomic E-state index is 12.1. The van der Waals surface area contributed by atoms with Crippen molar-refractivity contribution in [3.8, 4) is 17.1 Å². The highest BCUT2D eigenvalue weighted by molar-refractivity contribution is 9.10. The molecule has 4 nitrogen and oxygen atoms in total. The largest absolute Gasteiger partial charge is 0.495 e. The van der Waals surface area contributed by atoms with Gasteiger partial charge in [-0.2, -0.15) is 0 Å². The summed E-state index contributed by atoms with van der Waals surface area (Å²) < 4.78 is 5.58. The normalized spacial score (nSPS) is 11.5. The van der Waals surface area contributed by atoms with Gasteiger partial charge in [-0.25, -0.2) is 4.98 Å². The molecule has 21 heavy (non-hydrogen) atoms. The number of H-pyrrole nitrogens is 1. The second-order valence-corrected chi connectivity index (χ2v) is 6.88. The fourth-order valence-electron chi connectivity index (χ4n) is 1.91. The summed E-state index contributed by atoms with van der Waals surface area (Å²) in [6.45, 7) is 6.01. The molecule has 1 N–H and O–H groups in total. The monoisotopic (exact) mass is 370 g/mol. The molecule has 1 aromatic heterocycles.